The second kappa shape index (κ2) is 6.56. The molecule has 0 saturated carbocycles. The summed E-state index contributed by atoms with van der Waals surface area (Å²) in [6.07, 6.45) is 0.178. The zero-order valence-corrected chi connectivity index (χ0v) is 12.6. The Balaban J connectivity index is 2.49. The molecule has 0 atom stereocenters. The van der Waals surface area contributed by atoms with Crippen LogP contribution < -0.4 is 0 Å². The quantitative estimate of drug-likeness (QED) is 0.890. The maximum Gasteiger partial charge on any atom is 0.145 e. The Morgan fingerprint density at radius 1 is 1.05 bits per heavy atom. The molecular weight excluding hydrogens is 291 g/mol. The molecule has 0 fully saturated rings. The molecule has 0 spiro atoms. The number of aliphatic hydroxyl groups is 2. The lowest BCUT2D eigenvalue weighted by molar-refractivity contribution is 0.115. The van der Waals surface area contributed by atoms with Crippen molar-refractivity contribution in [2.45, 2.75) is 18.8 Å². The molecule has 2 aromatic rings. The van der Waals surface area contributed by atoms with Crippen LogP contribution in [-0.4, -0.2) is 23.4 Å². The summed E-state index contributed by atoms with van der Waals surface area (Å²) < 4.78 is 14.1. The predicted molar refractivity (Wildman–Crippen MR) is 82.1 cm³/mol. The lowest BCUT2D eigenvalue weighted by Crippen LogP contribution is -2.38. The fourth-order valence-corrected chi connectivity index (χ4v) is 2.84. The van der Waals surface area contributed by atoms with Gasteiger partial charge < -0.3 is 10.2 Å². The molecule has 0 saturated heterocycles. The van der Waals surface area contributed by atoms with Gasteiger partial charge in [0.2, 0.25) is 0 Å². The first kappa shape index (κ1) is 16.0. The van der Waals surface area contributed by atoms with E-state index in [0.717, 1.165) is 11.1 Å². The van der Waals surface area contributed by atoms with E-state index in [-0.39, 0.29) is 24.7 Å². The van der Waals surface area contributed by atoms with Crippen molar-refractivity contribution in [2.24, 2.45) is 0 Å². The van der Waals surface area contributed by atoms with E-state index in [2.05, 4.69) is 0 Å². The number of rotatable bonds is 5. The van der Waals surface area contributed by atoms with Gasteiger partial charge in [-0.25, -0.2) is 4.39 Å². The molecule has 4 heteroatoms. The van der Waals surface area contributed by atoms with Crippen molar-refractivity contribution in [3.05, 3.63) is 70.0 Å². The molecule has 0 aliphatic rings. The molecular formula is C17H18ClFO2. The summed E-state index contributed by atoms with van der Waals surface area (Å²) in [7, 11) is 0. The highest BCUT2D eigenvalue weighted by molar-refractivity contribution is 6.30. The Morgan fingerprint density at radius 2 is 1.71 bits per heavy atom. The minimum absolute atomic E-state index is 0.0436. The van der Waals surface area contributed by atoms with Crippen molar-refractivity contribution in [1.29, 1.82) is 0 Å². The van der Waals surface area contributed by atoms with Gasteiger partial charge in [-0.3, -0.25) is 0 Å². The van der Waals surface area contributed by atoms with Crippen molar-refractivity contribution in [3.8, 4) is 0 Å². The Hall–Kier alpha value is -1.42. The van der Waals surface area contributed by atoms with E-state index in [0.29, 0.717) is 5.56 Å². The van der Waals surface area contributed by atoms with E-state index >= 15 is 0 Å². The Labute approximate surface area is 128 Å². The summed E-state index contributed by atoms with van der Waals surface area (Å²) in [4.78, 5) is 0. The van der Waals surface area contributed by atoms with Crippen LogP contribution in [0.1, 0.15) is 16.7 Å². The van der Waals surface area contributed by atoms with Gasteiger partial charge in [0.15, 0.2) is 0 Å². The van der Waals surface area contributed by atoms with Gasteiger partial charge in [0.1, 0.15) is 5.82 Å². The van der Waals surface area contributed by atoms with E-state index in [1.807, 2.05) is 31.2 Å². The third kappa shape index (κ3) is 3.10. The minimum atomic E-state index is -0.934. The molecule has 2 nitrogen and oxygen atoms in total. The number of aliphatic hydroxyl groups excluding tert-OH is 2. The number of aryl methyl sites for hydroxylation is 1. The average Bonchev–Trinajstić information content (AvgIpc) is 2.50. The smallest absolute Gasteiger partial charge is 0.145 e. The van der Waals surface area contributed by atoms with Crippen molar-refractivity contribution >= 4 is 11.6 Å². The lowest BCUT2D eigenvalue weighted by atomic mass is 9.75. The molecule has 0 aliphatic carbocycles. The number of benzene rings is 2. The van der Waals surface area contributed by atoms with Crippen molar-refractivity contribution < 1.29 is 14.6 Å². The lowest BCUT2D eigenvalue weighted by Gasteiger charge is -2.32. The van der Waals surface area contributed by atoms with Crippen LogP contribution in [0.5, 0.6) is 0 Å². The summed E-state index contributed by atoms with van der Waals surface area (Å²) in [6, 6.07) is 12.3. The summed E-state index contributed by atoms with van der Waals surface area (Å²) in [5, 5.41) is 19.8. The van der Waals surface area contributed by atoms with Crippen LogP contribution in [0.15, 0.2) is 42.5 Å². The van der Waals surface area contributed by atoms with Crippen molar-refractivity contribution in [2.75, 3.05) is 13.2 Å². The molecule has 0 amide bonds. The normalized spacial score (nSPS) is 11.7. The molecule has 2 N–H and O–H groups in total. The molecule has 0 bridgehead atoms. The Bertz CT molecular complexity index is 624. The molecule has 0 aliphatic heterocycles. The van der Waals surface area contributed by atoms with Gasteiger partial charge in [0.05, 0.1) is 18.2 Å². The minimum Gasteiger partial charge on any atom is -0.395 e. The Morgan fingerprint density at radius 3 is 2.33 bits per heavy atom. The van der Waals surface area contributed by atoms with Crippen molar-refractivity contribution in [1.82, 2.24) is 0 Å². The molecule has 2 aromatic carbocycles. The van der Waals surface area contributed by atoms with Crippen LogP contribution in [0.4, 0.5) is 4.39 Å². The maximum atomic E-state index is 14.1. The zero-order valence-electron chi connectivity index (χ0n) is 11.8. The molecule has 0 unspecified atom stereocenters. The second-order valence-corrected chi connectivity index (χ2v) is 5.71. The first-order chi connectivity index (χ1) is 10.0. The van der Waals surface area contributed by atoms with E-state index in [4.69, 9.17) is 11.6 Å². The van der Waals surface area contributed by atoms with Gasteiger partial charge in [-0.1, -0.05) is 48.0 Å². The molecule has 0 aromatic heterocycles. The first-order valence-corrected chi connectivity index (χ1v) is 7.12. The fourth-order valence-electron chi connectivity index (χ4n) is 2.64. The fraction of sp³-hybridized carbons (Fsp3) is 0.294. The van der Waals surface area contributed by atoms with Gasteiger partial charge >= 0.3 is 0 Å². The van der Waals surface area contributed by atoms with Crippen LogP contribution in [0, 0.1) is 12.7 Å². The van der Waals surface area contributed by atoms with Gasteiger partial charge in [0, 0.05) is 5.41 Å². The van der Waals surface area contributed by atoms with Crippen LogP contribution in [0.2, 0.25) is 5.02 Å². The monoisotopic (exact) mass is 308 g/mol. The molecule has 2 rings (SSSR count). The van der Waals surface area contributed by atoms with Crippen molar-refractivity contribution in [3.63, 3.8) is 0 Å². The predicted octanol–water partition coefficient (Wildman–Crippen LogP) is 3.25. The molecule has 112 valence electrons. The maximum absolute atomic E-state index is 14.1. The van der Waals surface area contributed by atoms with Gasteiger partial charge in [-0.15, -0.1) is 0 Å². The molecule has 0 heterocycles. The summed E-state index contributed by atoms with van der Waals surface area (Å²) in [6.45, 7) is 1.35. The van der Waals surface area contributed by atoms with E-state index < -0.39 is 11.2 Å². The van der Waals surface area contributed by atoms with E-state index in [9.17, 15) is 14.6 Å². The molecule has 0 radical (unpaired) electrons. The number of hydrogen-bond donors (Lipinski definition) is 2. The highest BCUT2D eigenvalue weighted by Gasteiger charge is 2.33. The topological polar surface area (TPSA) is 40.5 Å². The first-order valence-electron chi connectivity index (χ1n) is 6.75. The standard InChI is InChI=1S/C17H18ClFO2/c1-12-5-2-3-7-14(12)17(10-20,11-21)9-13-6-4-8-15(18)16(13)19/h2-8,20-21H,9-11H2,1H3. The van der Waals surface area contributed by atoms with Crippen LogP contribution >= 0.6 is 11.6 Å². The summed E-state index contributed by atoms with van der Waals surface area (Å²) >= 11 is 5.81. The third-order valence-corrected chi connectivity index (χ3v) is 4.17. The largest absolute Gasteiger partial charge is 0.395 e. The number of hydrogen-bond acceptors (Lipinski definition) is 2. The van der Waals surface area contributed by atoms with Gasteiger partial charge in [-0.05, 0) is 36.1 Å². The van der Waals surface area contributed by atoms with Crippen LogP contribution in [0.3, 0.4) is 0 Å². The highest BCUT2D eigenvalue weighted by Crippen LogP contribution is 2.32. The van der Waals surface area contributed by atoms with Crippen LogP contribution in [-0.2, 0) is 11.8 Å². The summed E-state index contributed by atoms with van der Waals surface area (Å²) in [5.74, 6) is -0.501. The van der Waals surface area contributed by atoms with Crippen LogP contribution in [0.25, 0.3) is 0 Å². The van der Waals surface area contributed by atoms with Gasteiger partial charge in [-0.2, -0.15) is 0 Å². The Kier molecular flexibility index (Phi) is 4.99. The van der Waals surface area contributed by atoms with Gasteiger partial charge in [0.25, 0.3) is 0 Å². The average molecular weight is 309 g/mol. The third-order valence-electron chi connectivity index (χ3n) is 3.88. The SMILES string of the molecule is Cc1ccccc1C(CO)(CO)Cc1cccc(Cl)c1F. The summed E-state index contributed by atoms with van der Waals surface area (Å²) in [5.41, 5.74) is 1.21. The zero-order chi connectivity index (χ0) is 15.5. The van der Waals surface area contributed by atoms with E-state index in [1.54, 1.807) is 12.1 Å². The number of halogens is 2. The van der Waals surface area contributed by atoms with E-state index in [1.165, 1.54) is 6.07 Å². The second-order valence-electron chi connectivity index (χ2n) is 5.30. The highest BCUT2D eigenvalue weighted by atomic mass is 35.5. The molecule has 21 heavy (non-hydrogen) atoms.